The smallest absolute Gasteiger partial charge is 0.0621 e. The lowest BCUT2D eigenvalue weighted by Gasteiger charge is -2.27. The van der Waals surface area contributed by atoms with Crippen molar-refractivity contribution in [3.8, 4) is 0 Å². The normalized spacial score (nSPS) is 18.4. The van der Waals surface area contributed by atoms with Gasteiger partial charge in [-0.25, -0.2) is 0 Å². The predicted octanol–water partition coefficient (Wildman–Crippen LogP) is 4.23. The minimum absolute atomic E-state index is 0.549. The van der Waals surface area contributed by atoms with Gasteiger partial charge in [-0.2, -0.15) is 0 Å². The fraction of sp³-hybridized carbons (Fsp3) is 0.688. The van der Waals surface area contributed by atoms with Crippen LogP contribution in [0.1, 0.15) is 51.0 Å². The van der Waals surface area contributed by atoms with Crippen molar-refractivity contribution in [2.75, 3.05) is 6.54 Å². The first-order valence-electron chi connectivity index (χ1n) is 7.61. The molecule has 2 rings (SSSR count). The van der Waals surface area contributed by atoms with Gasteiger partial charge in [0.05, 0.1) is 5.02 Å². The van der Waals surface area contributed by atoms with E-state index < -0.39 is 0 Å². The van der Waals surface area contributed by atoms with Gasteiger partial charge in [-0.15, -0.1) is 0 Å². The fourth-order valence-corrected chi connectivity index (χ4v) is 3.38. The van der Waals surface area contributed by atoms with Crippen LogP contribution in [0.4, 0.5) is 0 Å². The SMILES string of the molecule is CCNC(Cc1ccncc1Cl)CC1CCCCC1. The van der Waals surface area contributed by atoms with Gasteiger partial charge in [0.25, 0.3) is 0 Å². The van der Waals surface area contributed by atoms with Crippen LogP contribution >= 0.6 is 11.6 Å². The highest BCUT2D eigenvalue weighted by Gasteiger charge is 2.19. The number of nitrogens with one attached hydrogen (secondary N) is 1. The van der Waals surface area contributed by atoms with Gasteiger partial charge in [0.1, 0.15) is 0 Å². The Morgan fingerprint density at radius 2 is 2.16 bits per heavy atom. The maximum atomic E-state index is 6.22. The van der Waals surface area contributed by atoms with Crippen molar-refractivity contribution in [1.82, 2.24) is 10.3 Å². The molecule has 1 aliphatic carbocycles. The maximum absolute atomic E-state index is 6.22. The van der Waals surface area contributed by atoms with Gasteiger partial charge in [0.2, 0.25) is 0 Å². The molecule has 1 N–H and O–H groups in total. The van der Waals surface area contributed by atoms with Crippen molar-refractivity contribution < 1.29 is 0 Å². The molecule has 0 aliphatic heterocycles. The van der Waals surface area contributed by atoms with Gasteiger partial charge in [-0.3, -0.25) is 4.98 Å². The molecule has 0 radical (unpaired) electrons. The first-order valence-corrected chi connectivity index (χ1v) is 7.99. The molecule has 1 unspecified atom stereocenters. The average Bonchev–Trinajstić information content (AvgIpc) is 2.43. The molecule has 0 bridgehead atoms. The Hall–Kier alpha value is -0.600. The second-order valence-electron chi connectivity index (χ2n) is 5.67. The zero-order valence-corrected chi connectivity index (χ0v) is 12.6. The number of nitrogens with zero attached hydrogens (tertiary/aromatic N) is 1. The number of rotatable bonds is 6. The molecule has 106 valence electrons. The van der Waals surface area contributed by atoms with Gasteiger partial charge in [-0.1, -0.05) is 50.6 Å². The van der Waals surface area contributed by atoms with E-state index in [4.69, 9.17) is 11.6 Å². The molecule has 1 atom stereocenters. The van der Waals surface area contributed by atoms with Crippen molar-refractivity contribution >= 4 is 11.6 Å². The summed E-state index contributed by atoms with van der Waals surface area (Å²) in [5, 5.41) is 4.43. The molecule has 2 nitrogen and oxygen atoms in total. The van der Waals surface area contributed by atoms with Crippen LogP contribution in [-0.4, -0.2) is 17.6 Å². The molecule has 1 aliphatic rings. The van der Waals surface area contributed by atoms with E-state index in [1.807, 2.05) is 12.3 Å². The summed E-state index contributed by atoms with van der Waals surface area (Å²) in [6, 6.07) is 2.60. The van der Waals surface area contributed by atoms with Gasteiger partial charge in [-0.05, 0) is 36.9 Å². The monoisotopic (exact) mass is 280 g/mol. The van der Waals surface area contributed by atoms with Crippen LogP contribution in [0.2, 0.25) is 5.02 Å². The lowest BCUT2D eigenvalue weighted by atomic mass is 9.83. The van der Waals surface area contributed by atoms with Crippen molar-refractivity contribution in [2.24, 2.45) is 5.92 Å². The minimum Gasteiger partial charge on any atom is -0.314 e. The standard InChI is InChI=1S/C16H25ClN2/c1-2-19-15(10-13-6-4-3-5-7-13)11-14-8-9-18-12-16(14)17/h8-9,12-13,15,19H,2-7,10-11H2,1H3. The second kappa shape index (κ2) is 7.86. The summed E-state index contributed by atoms with van der Waals surface area (Å²) in [5.74, 6) is 0.901. The van der Waals surface area contributed by atoms with E-state index in [-0.39, 0.29) is 0 Å². The summed E-state index contributed by atoms with van der Waals surface area (Å²) in [6.07, 6.45) is 13.0. The molecular formula is C16H25ClN2. The van der Waals surface area contributed by atoms with E-state index >= 15 is 0 Å². The highest BCUT2D eigenvalue weighted by atomic mass is 35.5. The number of pyridine rings is 1. The maximum Gasteiger partial charge on any atom is 0.0621 e. The molecule has 1 saturated carbocycles. The first kappa shape index (κ1) is 14.8. The van der Waals surface area contributed by atoms with E-state index in [1.54, 1.807) is 6.20 Å². The highest BCUT2D eigenvalue weighted by molar-refractivity contribution is 6.31. The molecular weight excluding hydrogens is 256 g/mol. The van der Waals surface area contributed by atoms with Gasteiger partial charge in [0, 0.05) is 18.4 Å². The van der Waals surface area contributed by atoms with Crippen molar-refractivity contribution in [1.29, 1.82) is 0 Å². The molecule has 0 amide bonds. The molecule has 1 aromatic rings. The fourth-order valence-electron chi connectivity index (χ4n) is 3.19. The molecule has 0 aromatic carbocycles. The number of halogens is 1. The Balaban J connectivity index is 1.93. The Morgan fingerprint density at radius 3 is 2.84 bits per heavy atom. The lowest BCUT2D eigenvalue weighted by molar-refractivity contribution is 0.298. The third kappa shape index (κ3) is 4.77. The lowest BCUT2D eigenvalue weighted by Crippen LogP contribution is -2.33. The number of hydrogen-bond donors (Lipinski definition) is 1. The molecule has 0 spiro atoms. The summed E-state index contributed by atoms with van der Waals surface area (Å²) >= 11 is 6.22. The molecule has 0 saturated heterocycles. The summed E-state index contributed by atoms with van der Waals surface area (Å²) in [5.41, 5.74) is 1.22. The van der Waals surface area contributed by atoms with Gasteiger partial charge >= 0.3 is 0 Å². The third-order valence-electron chi connectivity index (χ3n) is 4.16. The quantitative estimate of drug-likeness (QED) is 0.844. The van der Waals surface area contributed by atoms with E-state index in [9.17, 15) is 0 Å². The Kier molecular flexibility index (Phi) is 6.12. The van der Waals surface area contributed by atoms with Gasteiger partial charge < -0.3 is 5.32 Å². The van der Waals surface area contributed by atoms with Crippen LogP contribution in [0.25, 0.3) is 0 Å². The minimum atomic E-state index is 0.549. The van der Waals surface area contributed by atoms with Crippen LogP contribution in [0.5, 0.6) is 0 Å². The Labute approximate surface area is 122 Å². The summed E-state index contributed by atoms with van der Waals surface area (Å²) in [7, 11) is 0. The summed E-state index contributed by atoms with van der Waals surface area (Å²) in [4.78, 5) is 4.06. The predicted molar refractivity (Wildman–Crippen MR) is 81.6 cm³/mol. The van der Waals surface area contributed by atoms with Crippen LogP contribution < -0.4 is 5.32 Å². The highest BCUT2D eigenvalue weighted by Crippen LogP contribution is 2.28. The Bertz CT molecular complexity index is 375. The Morgan fingerprint density at radius 1 is 1.37 bits per heavy atom. The van der Waals surface area contributed by atoms with Crippen LogP contribution in [0.3, 0.4) is 0 Å². The van der Waals surface area contributed by atoms with Gasteiger partial charge in [0.15, 0.2) is 0 Å². The third-order valence-corrected chi connectivity index (χ3v) is 4.50. The van der Waals surface area contributed by atoms with E-state index in [1.165, 1.54) is 44.1 Å². The molecule has 1 aromatic heterocycles. The van der Waals surface area contributed by atoms with Crippen molar-refractivity contribution in [3.05, 3.63) is 29.0 Å². The van der Waals surface area contributed by atoms with E-state index in [0.717, 1.165) is 23.9 Å². The molecule has 3 heteroatoms. The molecule has 19 heavy (non-hydrogen) atoms. The van der Waals surface area contributed by atoms with Crippen molar-refractivity contribution in [3.63, 3.8) is 0 Å². The average molecular weight is 281 g/mol. The molecule has 1 fully saturated rings. The second-order valence-corrected chi connectivity index (χ2v) is 6.07. The number of aromatic nitrogens is 1. The summed E-state index contributed by atoms with van der Waals surface area (Å²) < 4.78 is 0. The van der Waals surface area contributed by atoms with Crippen molar-refractivity contribution in [2.45, 2.75) is 57.9 Å². The molecule has 1 heterocycles. The van der Waals surface area contributed by atoms with Crippen LogP contribution in [-0.2, 0) is 6.42 Å². The van der Waals surface area contributed by atoms with E-state index in [0.29, 0.717) is 6.04 Å². The zero-order chi connectivity index (χ0) is 13.5. The number of likely N-dealkylation sites (N-methyl/N-ethyl adjacent to an activating group) is 1. The van der Waals surface area contributed by atoms with Crippen LogP contribution in [0.15, 0.2) is 18.5 Å². The summed E-state index contributed by atoms with van der Waals surface area (Å²) in [6.45, 7) is 3.21. The topological polar surface area (TPSA) is 24.9 Å². The van der Waals surface area contributed by atoms with Crippen LogP contribution in [0, 0.1) is 5.92 Å². The number of hydrogen-bond acceptors (Lipinski definition) is 2. The zero-order valence-electron chi connectivity index (χ0n) is 11.9. The largest absolute Gasteiger partial charge is 0.314 e. The first-order chi connectivity index (χ1) is 9.29. The van der Waals surface area contributed by atoms with E-state index in [2.05, 4.69) is 17.2 Å².